The van der Waals surface area contributed by atoms with E-state index in [1.165, 1.54) is 14.2 Å². The van der Waals surface area contributed by atoms with Crippen molar-refractivity contribution in [3.63, 3.8) is 0 Å². The predicted octanol–water partition coefficient (Wildman–Crippen LogP) is 4.83. The van der Waals surface area contributed by atoms with Gasteiger partial charge in [0, 0.05) is 51.7 Å². The molecule has 10 heteroatoms. The lowest BCUT2D eigenvalue weighted by Gasteiger charge is -2.29. The van der Waals surface area contributed by atoms with E-state index in [0.717, 1.165) is 16.7 Å². The highest BCUT2D eigenvalue weighted by Crippen LogP contribution is 2.45. The molecule has 0 saturated heterocycles. The fourth-order valence-corrected chi connectivity index (χ4v) is 3.97. The van der Waals surface area contributed by atoms with Gasteiger partial charge in [-0.15, -0.1) is 0 Å². The van der Waals surface area contributed by atoms with Crippen molar-refractivity contribution in [3.05, 3.63) is 52.6 Å². The van der Waals surface area contributed by atoms with Crippen LogP contribution in [-0.2, 0) is 25.4 Å². The summed E-state index contributed by atoms with van der Waals surface area (Å²) < 4.78 is 49.8. The largest absolute Gasteiger partial charge is 0.484 e. The second-order valence-electron chi connectivity index (χ2n) is 8.68. The third-order valence-electron chi connectivity index (χ3n) is 5.61. The Balaban J connectivity index is 2.09. The Kier molecular flexibility index (Phi) is 11.2. The predicted molar refractivity (Wildman–Crippen MR) is 138 cm³/mol. The van der Waals surface area contributed by atoms with Crippen LogP contribution in [0.5, 0.6) is 28.7 Å². The second kappa shape index (κ2) is 14.6. The first-order valence-corrected chi connectivity index (χ1v) is 12.1. The highest BCUT2D eigenvalue weighted by molar-refractivity contribution is 6.03. The minimum absolute atomic E-state index is 0.0162. The van der Waals surface area contributed by atoms with Crippen molar-refractivity contribution >= 4 is 5.78 Å². The van der Waals surface area contributed by atoms with Crippen molar-refractivity contribution in [1.82, 2.24) is 0 Å². The van der Waals surface area contributed by atoms with E-state index < -0.39 is 6.10 Å². The smallest absolute Gasteiger partial charge is 0.188 e. The number of benzene rings is 2. The molecule has 1 aliphatic heterocycles. The molecule has 0 bridgehead atoms. The van der Waals surface area contributed by atoms with Crippen molar-refractivity contribution in [2.24, 2.45) is 0 Å². The summed E-state index contributed by atoms with van der Waals surface area (Å²) >= 11 is 0. The first-order valence-electron chi connectivity index (χ1n) is 12.1. The van der Waals surface area contributed by atoms with Crippen LogP contribution in [0.4, 0.5) is 0 Å². The minimum atomic E-state index is -0.593. The Labute approximate surface area is 223 Å². The molecule has 2 aromatic rings. The number of Topliss-reactive ketones (excluding diaryl/α,β-unsaturated/α-hetero) is 1. The van der Waals surface area contributed by atoms with E-state index in [9.17, 15) is 4.79 Å². The number of allylic oxidation sites excluding steroid dienone is 2. The second-order valence-corrected chi connectivity index (χ2v) is 8.68. The van der Waals surface area contributed by atoms with Crippen molar-refractivity contribution in [3.8, 4) is 28.7 Å². The van der Waals surface area contributed by atoms with Crippen LogP contribution in [0.2, 0.25) is 0 Å². The molecule has 0 aliphatic carbocycles. The van der Waals surface area contributed by atoms with E-state index in [-0.39, 0.29) is 39.4 Å². The summed E-state index contributed by atoms with van der Waals surface area (Å²) in [7, 11) is 6.11. The van der Waals surface area contributed by atoms with Crippen molar-refractivity contribution in [2.75, 3.05) is 55.6 Å². The quantitative estimate of drug-likeness (QED) is 0.234. The maximum atomic E-state index is 13.5. The van der Waals surface area contributed by atoms with Crippen LogP contribution in [0.25, 0.3) is 0 Å². The summed E-state index contributed by atoms with van der Waals surface area (Å²) in [5.41, 5.74) is 3.08. The molecule has 0 spiro atoms. The molecule has 0 radical (unpaired) electrons. The minimum Gasteiger partial charge on any atom is -0.484 e. The molecule has 0 amide bonds. The number of hydrogen-bond acceptors (Lipinski definition) is 10. The molecule has 1 unspecified atom stereocenters. The standard InChI is InChI=1S/C28H36O10/c1-18(2)7-8-21-20(9-10-23(35-15-31-4)28(21)37-17-33-6)24-13-22(29)27-25(36-16-32-5)11-19(34-14-30-3)12-26(27)38-24/h7,9-12,24H,8,13-17H2,1-6H3. The lowest BCUT2D eigenvalue weighted by atomic mass is 9.91. The Hall–Kier alpha value is -3.31. The third-order valence-corrected chi connectivity index (χ3v) is 5.61. The molecule has 0 N–H and O–H groups in total. The number of carbonyl (C=O) groups excluding carboxylic acids is 1. The average molecular weight is 533 g/mol. The van der Waals surface area contributed by atoms with E-state index in [1.54, 1.807) is 32.4 Å². The number of ketones is 1. The number of ether oxygens (including phenoxy) is 9. The monoisotopic (exact) mass is 532 g/mol. The lowest BCUT2D eigenvalue weighted by molar-refractivity contribution is 0.0314. The number of hydrogen-bond donors (Lipinski definition) is 0. The van der Waals surface area contributed by atoms with E-state index in [0.29, 0.717) is 40.7 Å². The van der Waals surface area contributed by atoms with Crippen molar-refractivity contribution < 1.29 is 47.4 Å². The Morgan fingerprint density at radius 1 is 0.868 bits per heavy atom. The van der Waals surface area contributed by atoms with Crippen LogP contribution in [0.1, 0.15) is 47.9 Å². The Morgan fingerprint density at radius 3 is 2.16 bits per heavy atom. The summed E-state index contributed by atoms with van der Waals surface area (Å²) in [6.07, 6.45) is 2.11. The fourth-order valence-electron chi connectivity index (χ4n) is 3.97. The van der Waals surface area contributed by atoms with Crippen molar-refractivity contribution in [2.45, 2.75) is 32.8 Å². The molecule has 0 aromatic heterocycles. The molecule has 2 aromatic carbocycles. The SMILES string of the molecule is COCOc1cc(OCOC)c2c(c1)OC(c1ccc(OCOC)c(OCOC)c1CC=C(C)C)CC2=O. The first kappa shape index (κ1) is 29.2. The highest BCUT2D eigenvalue weighted by Gasteiger charge is 2.34. The van der Waals surface area contributed by atoms with Crippen LogP contribution in [0, 0.1) is 0 Å². The van der Waals surface area contributed by atoms with Crippen molar-refractivity contribution in [1.29, 1.82) is 0 Å². The zero-order valence-electron chi connectivity index (χ0n) is 22.8. The van der Waals surface area contributed by atoms with Crippen LogP contribution >= 0.6 is 0 Å². The summed E-state index contributed by atoms with van der Waals surface area (Å²) in [6, 6.07) is 6.94. The molecule has 1 atom stereocenters. The van der Waals surface area contributed by atoms with Gasteiger partial charge in [-0.05, 0) is 26.3 Å². The lowest BCUT2D eigenvalue weighted by Crippen LogP contribution is -2.23. The van der Waals surface area contributed by atoms with Gasteiger partial charge in [0.05, 0.1) is 6.42 Å². The van der Waals surface area contributed by atoms with Gasteiger partial charge < -0.3 is 42.6 Å². The van der Waals surface area contributed by atoms with Gasteiger partial charge in [-0.2, -0.15) is 0 Å². The molecule has 0 fully saturated rings. The Morgan fingerprint density at radius 2 is 1.50 bits per heavy atom. The molecular formula is C28H36O10. The zero-order chi connectivity index (χ0) is 27.5. The summed E-state index contributed by atoms with van der Waals surface area (Å²) in [4.78, 5) is 13.5. The molecule has 10 nitrogen and oxygen atoms in total. The van der Waals surface area contributed by atoms with E-state index in [1.807, 2.05) is 19.9 Å². The Bertz CT molecular complexity index is 1110. The number of rotatable bonds is 15. The average Bonchev–Trinajstić information content (AvgIpc) is 2.90. The van der Waals surface area contributed by atoms with Gasteiger partial charge in [0.15, 0.2) is 44.5 Å². The first-order chi connectivity index (χ1) is 18.4. The van der Waals surface area contributed by atoms with Gasteiger partial charge in [-0.3, -0.25) is 4.79 Å². The van der Waals surface area contributed by atoms with Crippen LogP contribution in [0.3, 0.4) is 0 Å². The van der Waals surface area contributed by atoms with E-state index in [4.69, 9.17) is 42.6 Å². The summed E-state index contributed by atoms with van der Waals surface area (Å²) in [5, 5.41) is 0. The number of fused-ring (bicyclic) bond motifs is 1. The third kappa shape index (κ3) is 7.38. The van der Waals surface area contributed by atoms with E-state index in [2.05, 4.69) is 6.08 Å². The number of carbonyl (C=O) groups is 1. The fraction of sp³-hybridized carbons (Fsp3) is 0.464. The molecule has 1 heterocycles. The molecule has 208 valence electrons. The van der Waals surface area contributed by atoms with Gasteiger partial charge >= 0.3 is 0 Å². The maximum Gasteiger partial charge on any atom is 0.188 e. The van der Waals surface area contributed by atoms with Crippen LogP contribution < -0.4 is 23.7 Å². The van der Waals surface area contributed by atoms with Gasteiger partial charge in [0.25, 0.3) is 0 Å². The highest BCUT2D eigenvalue weighted by atomic mass is 16.7. The molecular weight excluding hydrogens is 496 g/mol. The topological polar surface area (TPSA) is 100 Å². The molecule has 1 aliphatic rings. The van der Waals surface area contributed by atoms with Gasteiger partial charge in [-0.25, -0.2) is 0 Å². The van der Waals surface area contributed by atoms with Gasteiger partial charge in [0.2, 0.25) is 0 Å². The molecule has 3 rings (SSSR count). The van der Waals surface area contributed by atoms with E-state index >= 15 is 0 Å². The number of methoxy groups -OCH3 is 4. The summed E-state index contributed by atoms with van der Waals surface area (Å²) in [6.45, 7) is 4.08. The van der Waals surface area contributed by atoms with Gasteiger partial charge in [0.1, 0.15) is 28.9 Å². The van der Waals surface area contributed by atoms with Crippen LogP contribution in [0.15, 0.2) is 35.9 Å². The maximum absolute atomic E-state index is 13.5. The molecule has 0 saturated carbocycles. The summed E-state index contributed by atoms with van der Waals surface area (Å²) in [5.74, 6) is 1.96. The van der Waals surface area contributed by atoms with Crippen LogP contribution in [-0.4, -0.2) is 61.4 Å². The van der Waals surface area contributed by atoms with Gasteiger partial charge in [-0.1, -0.05) is 17.7 Å². The normalized spacial score (nSPS) is 14.4. The molecule has 38 heavy (non-hydrogen) atoms. The zero-order valence-corrected chi connectivity index (χ0v) is 22.8.